The lowest BCUT2D eigenvalue weighted by atomic mass is 10.2. The Balaban J connectivity index is 1.50. The minimum atomic E-state index is 0.874. The van der Waals surface area contributed by atoms with Gasteiger partial charge in [-0.15, -0.1) is 11.3 Å². The summed E-state index contributed by atoms with van der Waals surface area (Å²) in [4.78, 5) is 12.2. The molecule has 0 radical (unpaired) electrons. The zero-order valence-corrected chi connectivity index (χ0v) is 13.1. The van der Waals surface area contributed by atoms with Crippen molar-refractivity contribution in [3.05, 3.63) is 47.6 Å². The first kappa shape index (κ1) is 13.7. The predicted octanol–water partition coefficient (Wildman–Crippen LogP) is 4.03. The Bertz CT molecular complexity index is 760. The predicted molar refractivity (Wildman–Crippen MR) is 91.7 cm³/mol. The molecule has 1 aliphatic rings. The number of nitrogens with zero attached hydrogens (tertiary/aromatic N) is 3. The summed E-state index contributed by atoms with van der Waals surface area (Å²) < 4.78 is 0. The lowest BCUT2D eigenvalue weighted by Crippen LogP contribution is -2.18. The van der Waals surface area contributed by atoms with Gasteiger partial charge in [-0.25, -0.2) is 9.97 Å². The Morgan fingerprint density at radius 1 is 1.05 bits per heavy atom. The van der Waals surface area contributed by atoms with Gasteiger partial charge in [0.2, 0.25) is 0 Å². The number of aromatic nitrogens is 2. The Labute approximate surface area is 133 Å². The van der Waals surface area contributed by atoms with E-state index in [9.17, 15) is 0 Å². The number of hydrogen-bond acceptors (Lipinski definition) is 5. The molecule has 4 rings (SSSR count). The Kier molecular flexibility index (Phi) is 3.74. The fourth-order valence-electron chi connectivity index (χ4n) is 2.92. The number of rotatable bonds is 4. The second-order valence-electron chi connectivity index (χ2n) is 5.67. The fraction of sp³-hybridized carbons (Fsp3) is 0.294. The first-order chi connectivity index (χ1) is 10.9. The van der Waals surface area contributed by atoms with Gasteiger partial charge in [-0.1, -0.05) is 12.1 Å². The molecule has 1 N–H and O–H groups in total. The Morgan fingerprint density at radius 2 is 1.86 bits per heavy atom. The van der Waals surface area contributed by atoms with Crippen LogP contribution in [0.15, 0.2) is 42.0 Å². The lowest BCUT2D eigenvalue weighted by Gasteiger charge is -2.15. The summed E-state index contributed by atoms with van der Waals surface area (Å²) in [6.07, 6.45) is 4.29. The summed E-state index contributed by atoms with van der Waals surface area (Å²) >= 11 is 1.64. The number of hydrogen-bond donors (Lipinski definition) is 1. The molecule has 4 nitrogen and oxygen atoms in total. The van der Waals surface area contributed by atoms with Crippen LogP contribution >= 0.6 is 11.3 Å². The van der Waals surface area contributed by atoms with Crippen LogP contribution in [-0.2, 0) is 6.54 Å². The van der Waals surface area contributed by atoms with Gasteiger partial charge in [0.15, 0.2) is 0 Å². The van der Waals surface area contributed by atoms with Gasteiger partial charge >= 0.3 is 0 Å². The van der Waals surface area contributed by atoms with E-state index in [-0.39, 0.29) is 0 Å². The first-order valence-corrected chi connectivity index (χ1v) is 8.53. The molecule has 0 aliphatic carbocycles. The van der Waals surface area contributed by atoms with E-state index >= 15 is 0 Å². The van der Waals surface area contributed by atoms with Crippen LogP contribution in [0.1, 0.15) is 18.4 Å². The van der Waals surface area contributed by atoms with E-state index in [1.165, 1.54) is 31.5 Å². The minimum absolute atomic E-state index is 0.874. The molecule has 1 aromatic carbocycles. The van der Waals surface area contributed by atoms with Crippen molar-refractivity contribution >= 4 is 33.1 Å². The second-order valence-corrected chi connectivity index (χ2v) is 6.56. The van der Waals surface area contributed by atoms with Gasteiger partial charge in [-0.2, -0.15) is 0 Å². The van der Waals surface area contributed by atoms with E-state index in [4.69, 9.17) is 0 Å². The van der Waals surface area contributed by atoms with Crippen molar-refractivity contribution < 1.29 is 0 Å². The molecule has 0 atom stereocenters. The maximum Gasteiger partial charge on any atom is 0.142 e. The molecular weight excluding hydrogens is 292 g/mol. The molecule has 3 heterocycles. The number of fused-ring (bicyclic) bond motifs is 1. The van der Waals surface area contributed by atoms with Crippen molar-refractivity contribution in [3.63, 3.8) is 0 Å². The molecule has 1 saturated heterocycles. The molecule has 3 aromatic rings. The van der Waals surface area contributed by atoms with Crippen LogP contribution in [0.4, 0.5) is 11.5 Å². The first-order valence-electron chi connectivity index (χ1n) is 7.65. The van der Waals surface area contributed by atoms with Gasteiger partial charge in [0.25, 0.3) is 0 Å². The highest BCUT2D eigenvalue weighted by atomic mass is 32.1. The van der Waals surface area contributed by atoms with Crippen LogP contribution in [0, 0.1) is 0 Å². The van der Waals surface area contributed by atoms with Crippen molar-refractivity contribution in [3.8, 4) is 0 Å². The molecule has 0 spiro atoms. The maximum absolute atomic E-state index is 4.36. The molecular formula is C17H18N4S. The third-order valence-electron chi connectivity index (χ3n) is 4.08. The molecule has 5 heteroatoms. The molecule has 22 heavy (non-hydrogen) atoms. The van der Waals surface area contributed by atoms with E-state index in [0.717, 1.165) is 28.3 Å². The summed E-state index contributed by atoms with van der Waals surface area (Å²) in [5, 5.41) is 6.52. The Morgan fingerprint density at radius 3 is 2.68 bits per heavy atom. The monoisotopic (exact) mass is 310 g/mol. The zero-order valence-electron chi connectivity index (χ0n) is 12.3. The largest absolute Gasteiger partial charge is 0.340 e. The quantitative estimate of drug-likeness (QED) is 0.790. The van der Waals surface area contributed by atoms with Crippen LogP contribution in [-0.4, -0.2) is 28.0 Å². The maximum atomic E-state index is 4.36. The number of thiophene rings is 1. The topological polar surface area (TPSA) is 41.1 Å². The number of benzene rings is 1. The van der Waals surface area contributed by atoms with Gasteiger partial charge in [-0.05, 0) is 55.1 Å². The SMILES string of the molecule is c1nc(Nc2ccc(CN3CCCC3)cc2)c2ccsc2n1. The summed E-state index contributed by atoms with van der Waals surface area (Å²) in [6.45, 7) is 3.52. The van der Waals surface area contributed by atoms with Gasteiger partial charge < -0.3 is 5.32 Å². The van der Waals surface area contributed by atoms with Crippen LogP contribution in [0.5, 0.6) is 0 Å². The average molecular weight is 310 g/mol. The molecule has 112 valence electrons. The highest BCUT2D eigenvalue weighted by Gasteiger charge is 2.11. The van der Waals surface area contributed by atoms with Gasteiger partial charge in [0.1, 0.15) is 17.0 Å². The highest BCUT2D eigenvalue weighted by Crippen LogP contribution is 2.26. The average Bonchev–Trinajstić information content (AvgIpc) is 3.21. The molecule has 0 amide bonds. The zero-order chi connectivity index (χ0) is 14.8. The summed E-state index contributed by atoms with van der Waals surface area (Å²) in [6, 6.07) is 10.7. The van der Waals surface area contributed by atoms with Crippen LogP contribution < -0.4 is 5.32 Å². The van der Waals surface area contributed by atoms with Crippen molar-refractivity contribution in [2.45, 2.75) is 19.4 Å². The number of nitrogens with one attached hydrogen (secondary N) is 1. The van der Waals surface area contributed by atoms with E-state index in [2.05, 4.69) is 50.5 Å². The third-order valence-corrected chi connectivity index (χ3v) is 4.90. The van der Waals surface area contributed by atoms with Crippen molar-refractivity contribution in [1.82, 2.24) is 14.9 Å². The summed E-state index contributed by atoms with van der Waals surface area (Å²) in [7, 11) is 0. The molecule has 0 bridgehead atoms. The smallest absolute Gasteiger partial charge is 0.142 e. The molecule has 1 aliphatic heterocycles. The van der Waals surface area contributed by atoms with E-state index < -0.39 is 0 Å². The number of likely N-dealkylation sites (tertiary alicyclic amines) is 1. The standard InChI is InChI=1S/C17H18N4S/c1-2-9-21(8-1)11-13-3-5-14(6-4-13)20-16-15-7-10-22-17(15)19-12-18-16/h3-7,10,12H,1-2,8-9,11H2,(H,18,19,20). The molecule has 2 aromatic heterocycles. The van der Waals surface area contributed by atoms with Crippen molar-refractivity contribution in [2.24, 2.45) is 0 Å². The van der Waals surface area contributed by atoms with Crippen LogP contribution in [0.3, 0.4) is 0 Å². The second kappa shape index (κ2) is 6.02. The van der Waals surface area contributed by atoms with E-state index in [1.54, 1.807) is 17.7 Å². The van der Waals surface area contributed by atoms with Gasteiger partial charge in [0, 0.05) is 12.2 Å². The van der Waals surface area contributed by atoms with E-state index in [1.807, 2.05) is 5.38 Å². The molecule has 0 saturated carbocycles. The van der Waals surface area contributed by atoms with Crippen LogP contribution in [0.2, 0.25) is 0 Å². The molecule has 1 fully saturated rings. The van der Waals surface area contributed by atoms with Gasteiger partial charge in [0.05, 0.1) is 5.39 Å². The van der Waals surface area contributed by atoms with Crippen LogP contribution in [0.25, 0.3) is 10.2 Å². The van der Waals surface area contributed by atoms with E-state index in [0.29, 0.717) is 0 Å². The van der Waals surface area contributed by atoms with Gasteiger partial charge in [-0.3, -0.25) is 4.90 Å². The lowest BCUT2D eigenvalue weighted by molar-refractivity contribution is 0.331. The normalized spacial score (nSPS) is 15.5. The minimum Gasteiger partial charge on any atom is -0.340 e. The molecule has 0 unspecified atom stereocenters. The highest BCUT2D eigenvalue weighted by molar-refractivity contribution is 7.16. The van der Waals surface area contributed by atoms with Crippen molar-refractivity contribution in [1.29, 1.82) is 0 Å². The fourth-order valence-corrected chi connectivity index (χ4v) is 3.65. The van der Waals surface area contributed by atoms with Crippen molar-refractivity contribution in [2.75, 3.05) is 18.4 Å². The third kappa shape index (κ3) is 2.82. The summed E-state index contributed by atoms with van der Waals surface area (Å²) in [5.41, 5.74) is 2.44. The summed E-state index contributed by atoms with van der Waals surface area (Å²) in [5.74, 6) is 0.874. The number of anilines is 2. The Hall–Kier alpha value is -1.98.